The van der Waals surface area contributed by atoms with Crippen molar-refractivity contribution in [2.45, 2.75) is 12.5 Å². The van der Waals surface area contributed by atoms with Gasteiger partial charge >= 0.3 is 0 Å². The van der Waals surface area contributed by atoms with Gasteiger partial charge in [0.25, 0.3) is 0 Å². The molecule has 2 heteroatoms. The van der Waals surface area contributed by atoms with E-state index in [9.17, 15) is 0 Å². The highest BCUT2D eigenvalue weighted by Gasteiger charge is 2.32. The molecular weight excluding hydrogens is 112 g/mol. The summed E-state index contributed by atoms with van der Waals surface area (Å²) >= 11 is 0. The van der Waals surface area contributed by atoms with Crippen molar-refractivity contribution in [3.05, 3.63) is 0 Å². The van der Waals surface area contributed by atoms with E-state index in [2.05, 4.69) is 16.8 Å². The van der Waals surface area contributed by atoms with Crippen LogP contribution in [-0.2, 0) is 0 Å². The number of likely N-dealkylation sites (N-methyl/N-ethyl adjacent to an activating group) is 1. The van der Waals surface area contributed by atoms with Gasteiger partial charge in [0, 0.05) is 19.1 Å². The molecule has 9 heavy (non-hydrogen) atoms. The summed E-state index contributed by atoms with van der Waals surface area (Å²) in [6.45, 7) is 5.36. The maximum atomic E-state index is 2.54. The Morgan fingerprint density at radius 2 is 2.11 bits per heavy atom. The number of nitrogens with zero attached hydrogens (tertiary/aromatic N) is 2. The lowest BCUT2D eigenvalue weighted by Gasteiger charge is -2.30. The van der Waals surface area contributed by atoms with Crippen LogP contribution in [0.5, 0.6) is 0 Å². The van der Waals surface area contributed by atoms with Crippen LogP contribution < -0.4 is 0 Å². The molecular formula is C7H14N2. The number of rotatable bonds is 2. The summed E-state index contributed by atoms with van der Waals surface area (Å²) in [6, 6.07) is 0.908. The topological polar surface area (TPSA) is 6.25 Å². The van der Waals surface area contributed by atoms with Gasteiger partial charge in [-0.2, -0.15) is 0 Å². The van der Waals surface area contributed by atoms with Crippen LogP contribution in [0.25, 0.3) is 0 Å². The molecule has 0 aliphatic carbocycles. The molecule has 2 saturated heterocycles. The SMILES string of the molecule is CN1CC1CN1CCC1. The predicted molar refractivity (Wildman–Crippen MR) is 37.5 cm³/mol. The van der Waals surface area contributed by atoms with Gasteiger partial charge in [-0.25, -0.2) is 0 Å². The fraction of sp³-hybridized carbons (Fsp3) is 1.00. The molecule has 52 valence electrons. The normalized spacial score (nSPS) is 42.3. The third-order valence-corrected chi connectivity index (χ3v) is 2.41. The van der Waals surface area contributed by atoms with E-state index in [1.165, 1.54) is 32.6 Å². The van der Waals surface area contributed by atoms with Gasteiger partial charge in [0.15, 0.2) is 0 Å². The van der Waals surface area contributed by atoms with Crippen molar-refractivity contribution in [3.63, 3.8) is 0 Å². The molecule has 2 unspecified atom stereocenters. The van der Waals surface area contributed by atoms with Gasteiger partial charge in [-0.1, -0.05) is 0 Å². The van der Waals surface area contributed by atoms with E-state index in [-0.39, 0.29) is 0 Å². The molecule has 2 heterocycles. The van der Waals surface area contributed by atoms with E-state index >= 15 is 0 Å². The van der Waals surface area contributed by atoms with Crippen molar-refractivity contribution in [2.75, 3.05) is 33.2 Å². The zero-order chi connectivity index (χ0) is 6.27. The smallest absolute Gasteiger partial charge is 0.0348 e. The summed E-state index contributed by atoms with van der Waals surface area (Å²) in [5, 5.41) is 0. The Labute approximate surface area is 56.4 Å². The first-order valence-corrected chi connectivity index (χ1v) is 3.79. The third kappa shape index (κ3) is 1.10. The molecule has 2 rings (SSSR count). The average molecular weight is 126 g/mol. The fourth-order valence-corrected chi connectivity index (χ4v) is 1.34. The van der Waals surface area contributed by atoms with Crippen LogP contribution in [0.1, 0.15) is 6.42 Å². The monoisotopic (exact) mass is 126 g/mol. The maximum absolute atomic E-state index is 2.54. The van der Waals surface area contributed by atoms with Gasteiger partial charge in [-0.15, -0.1) is 0 Å². The molecule has 0 N–H and O–H groups in total. The van der Waals surface area contributed by atoms with Gasteiger partial charge in [0.1, 0.15) is 0 Å². The minimum atomic E-state index is 0.908. The molecule has 2 aliphatic rings. The second-order valence-electron chi connectivity index (χ2n) is 3.25. The van der Waals surface area contributed by atoms with Crippen molar-refractivity contribution in [1.82, 2.24) is 9.80 Å². The van der Waals surface area contributed by atoms with Crippen LogP contribution in [-0.4, -0.2) is 49.1 Å². The van der Waals surface area contributed by atoms with Crippen LogP contribution in [0.15, 0.2) is 0 Å². The molecule has 2 aliphatic heterocycles. The minimum absolute atomic E-state index is 0.908. The Balaban J connectivity index is 1.66. The van der Waals surface area contributed by atoms with Crippen molar-refractivity contribution in [1.29, 1.82) is 0 Å². The number of hydrogen-bond donors (Lipinski definition) is 0. The van der Waals surface area contributed by atoms with Crippen molar-refractivity contribution in [2.24, 2.45) is 0 Å². The maximum Gasteiger partial charge on any atom is 0.0348 e. The highest BCUT2D eigenvalue weighted by molar-refractivity contribution is 4.90. The van der Waals surface area contributed by atoms with Crippen molar-refractivity contribution in [3.8, 4) is 0 Å². The Morgan fingerprint density at radius 1 is 1.44 bits per heavy atom. The molecule has 0 radical (unpaired) electrons. The average Bonchev–Trinajstić information content (AvgIpc) is 2.36. The van der Waals surface area contributed by atoms with E-state index in [1.807, 2.05) is 0 Å². The fourth-order valence-electron chi connectivity index (χ4n) is 1.34. The molecule has 0 aromatic heterocycles. The Kier molecular flexibility index (Phi) is 1.24. The zero-order valence-corrected chi connectivity index (χ0v) is 6.01. The van der Waals surface area contributed by atoms with Gasteiger partial charge in [0.2, 0.25) is 0 Å². The quantitative estimate of drug-likeness (QED) is 0.481. The van der Waals surface area contributed by atoms with Crippen LogP contribution in [0.3, 0.4) is 0 Å². The largest absolute Gasteiger partial charge is 0.302 e. The van der Waals surface area contributed by atoms with Crippen LogP contribution in [0.4, 0.5) is 0 Å². The Morgan fingerprint density at radius 3 is 2.44 bits per heavy atom. The van der Waals surface area contributed by atoms with E-state index in [0.29, 0.717) is 0 Å². The minimum Gasteiger partial charge on any atom is -0.302 e. The lowest BCUT2D eigenvalue weighted by molar-refractivity contribution is 0.177. The first-order valence-electron chi connectivity index (χ1n) is 3.79. The molecule has 2 atom stereocenters. The van der Waals surface area contributed by atoms with E-state index in [0.717, 1.165) is 6.04 Å². The third-order valence-electron chi connectivity index (χ3n) is 2.41. The summed E-state index contributed by atoms with van der Waals surface area (Å²) in [6.07, 6.45) is 1.43. The molecule has 0 spiro atoms. The first kappa shape index (κ1) is 5.69. The lowest BCUT2D eigenvalue weighted by atomic mass is 10.2. The summed E-state index contributed by atoms with van der Waals surface area (Å²) in [5.74, 6) is 0. The van der Waals surface area contributed by atoms with Crippen LogP contribution in [0.2, 0.25) is 0 Å². The van der Waals surface area contributed by atoms with Gasteiger partial charge < -0.3 is 4.90 Å². The lowest BCUT2D eigenvalue weighted by Crippen LogP contribution is -2.40. The molecule has 0 amide bonds. The molecule has 2 fully saturated rings. The van der Waals surface area contributed by atoms with Crippen molar-refractivity contribution < 1.29 is 0 Å². The van der Waals surface area contributed by atoms with E-state index in [1.54, 1.807) is 0 Å². The summed E-state index contributed by atoms with van der Waals surface area (Å²) in [7, 11) is 2.20. The molecule has 0 saturated carbocycles. The summed E-state index contributed by atoms with van der Waals surface area (Å²) < 4.78 is 0. The molecule has 0 aromatic carbocycles. The zero-order valence-electron chi connectivity index (χ0n) is 6.01. The van der Waals surface area contributed by atoms with Crippen LogP contribution >= 0.6 is 0 Å². The van der Waals surface area contributed by atoms with E-state index < -0.39 is 0 Å². The molecule has 0 bridgehead atoms. The highest BCUT2D eigenvalue weighted by Crippen LogP contribution is 2.17. The standard InChI is InChI=1S/C7H14N2/c1-8-5-7(8)6-9-3-2-4-9/h7H,2-6H2,1H3. The summed E-state index contributed by atoms with van der Waals surface area (Å²) in [4.78, 5) is 4.94. The predicted octanol–water partition coefficient (Wildman–Crippen LogP) is 0.00610. The van der Waals surface area contributed by atoms with Crippen molar-refractivity contribution >= 4 is 0 Å². The van der Waals surface area contributed by atoms with Crippen LogP contribution in [0, 0.1) is 0 Å². The summed E-state index contributed by atoms with van der Waals surface area (Å²) in [5.41, 5.74) is 0. The highest BCUT2D eigenvalue weighted by atomic mass is 15.3. The molecule has 2 nitrogen and oxygen atoms in total. The first-order chi connectivity index (χ1) is 4.36. The Hall–Kier alpha value is -0.0800. The Bertz CT molecular complexity index is 107. The van der Waals surface area contributed by atoms with Gasteiger partial charge in [-0.3, -0.25) is 4.90 Å². The second-order valence-corrected chi connectivity index (χ2v) is 3.25. The number of likely N-dealkylation sites (tertiary alicyclic amines) is 1. The van der Waals surface area contributed by atoms with E-state index in [4.69, 9.17) is 0 Å². The number of hydrogen-bond acceptors (Lipinski definition) is 2. The molecule has 0 aromatic rings. The van der Waals surface area contributed by atoms with Gasteiger partial charge in [0.05, 0.1) is 0 Å². The van der Waals surface area contributed by atoms with Gasteiger partial charge in [-0.05, 0) is 26.6 Å². The second kappa shape index (κ2) is 1.96.